The summed E-state index contributed by atoms with van der Waals surface area (Å²) in [5.41, 5.74) is 1.25. The molecule has 0 bridgehead atoms. The van der Waals surface area contributed by atoms with Crippen molar-refractivity contribution < 1.29 is 4.74 Å². The van der Waals surface area contributed by atoms with E-state index in [0.717, 1.165) is 31.8 Å². The average molecular weight is 232 g/mol. The standard InChI is InChI=1S/C12H16N4O/c1-9-6-11(7-13)15-12(14-9)16-4-3-5-17-10(2)8-16/h6,10H,3-5,8H2,1-2H3. The van der Waals surface area contributed by atoms with Crippen molar-refractivity contribution >= 4 is 5.95 Å². The van der Waals surface area contributed by atoms with Crippen molar-refractivity contribution in [3.8, 4) is 6.07 Å². The third-order valence-corrected chi connectivity index (χ3v) is 2.69. The van der Waals surface area contributed by atoms with Crippen molar-refractivity contribution in [2.45, 2.75) is 26.4 Å². The van der Waals surface area contributed by atoms with E-state index in [-0.39, 0.29) is 6.10 Å². The van der Waals surface area contributed by atoms with Crippen molar-refractivity contribution in [1.29, 1.82) is 5.26 Å². The summed E-state index contributed by atoms with van der Waals surface area (Å²) in [5, 5.41) is 8.91. The van der Waals surface area contributed by atoms with Crippen LogP contribution in [0.2, 0.25) is 0 Å². The Bertz CT molecular complexity index is 441. The fraction of sp³-hybridized carbons (Fsp3) is 0.583. The van der Waals surface area contributed by atoms with Crippen LogP contribution in [0.5, 0.6) is 0 Å². The summed E-state index contributed by atoms with van der Waals surface area (Å²) >= 11 is 0. The van der Waals surface area contributed by atoms with E-state index in [1.807, 2.05) is 13.8 Å². The topological polar surface area (TPSA) is 62.0 Å². The molecule has 2 heterocycles. The maximum atomic E-state index is 8.91. The van der Waals surface area contributed by atoms with Gasteiger partial charge in [-0.1, -0.05) is 0 Å². The highest BCUT2D eigenvalue weighted by atomic mass is 16.5. The van der Waals surface area contributed by atoms with Crippen molar-refractivity contribution in [3.05, 3.63) is 17.5 Å². The van der Waals surface area contributed by atoms with Crippen LogP contribution < -0.4 is 4.90 Å². The van der Waals surface area contributed by atoms with Crippen LogP contribution in [0.1, 0.15) is 24.7 Å². The summed E-state index contributed by atoms with van der Waals surface area (Å²) in [6.07, 6.45) is 1.14. The highest BCUT2D eigenvalue weighted by Gasteiger charge is 2.18. The molecule has 0 N–H and O–H groups in total. The Morgan fingerprint density at radius 2 is 2.35 bits per heavy atom. The van der Waals surface area contributed by atoms with Gasteiger partial charge in [0.2, 0.25) is 5.95 Å². The molecule has 0 saturated carbocycles. The molecule has 0 spiro atoms. The summed E-state index contributed by atoms with van der Waals surface area (Å²) in [7, 11) is 0. The molecule has 0 radical (unpaired) electrons. The maximum Gasteiger partial charge on any atom is 0.226 e. The predicted octanol–water partition coefficient (Wildman–Crippen LogP) is 1.27. The Morgan fingerprint density at radius 1 is 1.53 bits per heavy atom. The maximum absolute atomic E-state index is 8.91. The molecule has 5 heteroatoms. The van der Waals surface area contributed by atoms with Crippen LogP contribution in [0.25, 0.3) is 0 Å². The van der Waals surface area contributed by atoms with E-state index in [4.69, 9.17) is 10.00 Å². The quantitative estimate of drug-likeness (QED) is 0.729. The molecular formula is C12H16N4O. The molecule has 2 rings (SSSR count). The predicted molar refractivity (Wildman–Crippen MR) is 63.7 cm³/mol. The number of aromatic nitrogens is 2. The molecule has 1 saturated heterocycles. The van der Waals surface area contributed by atoms with Gasteiger partial charge in [-0.2, -0.15) is 5.26 Å². The Balaban J connectivity index is 2.26. The first-order chi connectivity index (χ1) is 8.19. The van der Waals surface area contributed by atoms with Gasteiger partial charge in [0.25, 0.3) is 0 Å². The Hall–Kier alpha value is -1.67. The number of aryl methyl sites for hydroxylation is 1. The number of anilines is 1. The normalized spacial score (nSPS) is 20.8. The zero-order valence-electron chi connectivity index (χ0n) is 10.2. The summed E-state index contributed by atoms with van der Waals surface area (Å²) in [6, 6.07) is 3.76. The van der Waals surface area contributed by atoms with Crippen LogP contribution in [-0.4, -0.2) is 35.8 Å². The zero-order valence-corrected chi connectivity index (χ0v) is 10.2. The van der Waals surface area contributed by atoms with Gasteiger partial charge in [-0.15, -0.1) is 0 Å². The average Bonchev–Trinajstić information content (AvgIpc) is 2.53. The van der Waals surface area contributed by atoms with Crippen LogP contribution in [-0.2, 0) is 4.74 Å². The van der Waals surface area contributed by atoms with Crippen molar-refractivity contribution in [2.75, 3.05) is 24.6 Å². The van der Waals surface area contributed by atoms with Gasteiger partial charge in [-0.3, -0.25) is 0 Å². The largest absolute Gasteiger partial charge is 0.377 e. The zero-order chi connectivity index (χ0) is 12.3. The van der Waals surface area contributed by atoms with Crippen molar-refractivity contribution in [3.63, 3.8) is 0 Å². The van der Waals surface area contributed by atoms with E-state index in [2.05, 4.69) is 20.9 Å². The van der Waals surface area contributed by atoms with Gasteiger partial charge in [0.15, 0.2) is 0 Å². The number of nitriles is 1. The fourth-order valence-corrected chi connectivity index (χ4v) is 1.93. The highest BCUT2D eigenvalue weighted by molar-refractivity contribution is 5.36. The van der Waals surface area contributed by atoms with E-state index in [1.54, 1.807) is 6.07 Å². The first kappa shape index (κ1) is 11.8. The van der Waals surface area contributed by atoms with Gasteiger partial charge in [0.1, 0.15) is 11.8 Å². The summed E-state index contributed by atoms with van der Waals surface area (Å²) < 4.78 is 5.58. The van der Waals surface area contributed by atoms with Crippen LogP contribution in [0, 0.1) is 18.3 Å². The van der Waals surface area contributed by atoms with E-state index < -0.39 is 0 Å². The molecular weight excluding hydrogens is 216 g/mol. The summed E-state index contributed by atoms with van der Waals surface area (Å²) in [4.78, 5) is 10.7. The van der Waals surface area contributed by atoms with Crippen LogP contribution in [0.15, 0.2) is 6.07 Å². The second-order valence-electron chi connectivity index (χ2n) is 4.29. The molecule has 17 heavy (non-hydrogen) atoms. The minimum atomic E-state index is 0.173. The lowest BCUT2D eigenvalue weighted by Gasteiger charge is -2.22. The highest BCUT2D eigenvalue weighted by Crippen LogP contribution is 2.14. The SMILES string of the molecule is Cc1cc(C#N)nc(N2CCCOC(C)C2)n1. The minimum absolute atomic E-state index is 0.173. The summed E-state index contributed by atoms with van der Waals surface area (Å²) in [6.45, 7) is 6.34. The van der Waals surface area contributed by atoms with E-state index in [9.17, 15) is 0 Å². The van der Waals surface area contributed by atoms with Gasteiger partial charge >= 0.3 is 0 Å². The molecule has 1 unspecified atom stereocenters. The van der Waals surface area contributed by atoms with E-state index >= 15 is 0 Å². The first-order valence-corrected chi connectivity index (χ1v) is 5.81. The molecule has 1 aliphatic heterocycles. The van der Waals surface area contributed by atoms with Gasteiger partial charge < -0.3 is 9.64 Å². The van der Waals surface area contributed by atoms with Crippen molar-refractivity contribution in [2.24, 2.45) is 0 Å². The molecule has 0 amide bonds. The second kappa shape index (κ2) is 5.11. The molecule has 1 aliphatic rings. The number of hydrogen-bond acceptors (Lipinski definition) is 5. The van der Waals surface area contributed by atoms with Crippen molar-refractivity contribution in [1.82, 2.24) is 9.97 Å². The minimum Gasteiger partial charge on any atom is -0.377 e. The van der Waals surface area contributed by atoms with Crippen LogP contribution in [0.3, 0.4) is 0 Å². The molecule has 0 aromatic carbocycles. The molecule has 1 fully saturated rings. The lowest BCUT2D eigenvalue weighted by Crippen LogP contribution is -2.31. The first-order valence-electron chi connectivity index (χ1n) is 5.81. The lowest BCUT2D eigenvalue weighted by atomic mass is 10.3. The number of ether oxygens (including phenoxy) is 1. The molecule has 5 nitrogen and oxygen atoms in total. The molecule has 0 aliphatic carbocycles. The van der Waals surface area contributed by atoms with Gasteiger partial charge in [-0.05, 0) is 26.3 Å². The van der Waals surface area contributed by atoms with Crippen LogP contribution in [0.4, 0.5) is 5.95 Å². The Labute approximate surface area is 101 Å². The fourth-order valence-electron chi connectivity index (χ4n) is 1.93. The van der Waals surface area contributed by atoms with Crippen LogP contribution >= 0.6 is 0 Å². The second-order valence-corrected chi connectivity index (χ2v) is 4.29. The monoisotopic (exact) mass is 232 g/mol. The molecule has 1 aromatic heterocycles. The molecule has 90 valence electrons. The number of nitrogens with zero attached hydrogens (tertiary/aromatic N) is 4. The smallest absolute Gasteiger partial charge is 0.226 e. The third kappa shape index (κ3) is 2.92. The Kier molecular flexibility index (Phi) is 3.55. The third-order valence-electron chi connectivity index (χ3n) is 2.69. The number of hydrogen-bond donors (Lipinski definition) is 0. The van der Waals surface area contributed by atoms with Gasteiger partial charge in [0.05, 0.1) is 6.10 Å². The van der Waals surface area contributed by atoms with Gasteiger partial charge in [0, 0.05) is 25.4 Å². The number of rotatable bonds is 1. The lowest BCUT2D eigenvalue weighted by molar-refractivity contribution is 0.0820. The van der Waals surface area contributed by atoms with Gasteiger partial charge in [-0.25, -0.2) is 9.97 Å². The molecule has 1 atom stereocenters. The Morgan fingerprint density at radius 3 is 3.12 bits per heavy atom. The summed E-state index contributed by atoms with van der Waals surface area (Å²) in [5.74, 6) is 0.638. The van der Waals surface area contributed by atoms with E-state index in [1.165, 1.54) is 0 Å². The molecule has 1 aromatic rings. The van der Waals surface area contributed by atoms with E-state index in [0.29, 0.717) is 11.6 Å².